The van der Waals surface area contributed by atoms with Crippen LogP contribution in [0.25, 0.3) is 33.5 Å². The molecule has 129 heavy (non-hydrogen) atoms. The number of anilines is 4. The number of nitrogens with zero attached hydrogens (tertiary/aromatic N) is 14. The Labute approximate surface area is 752 Å². The van der Waals surface area contributed by atoms with Gasteiger partial charge >= 0.3 is 57.4 Å². The van der Waals surface area contributed by atoms with Gasteiger partial charge in [-0.2, -0.15) is 15.0 Å². The Hall–Kier alpha value is -6.45. The molecule has 6 aliphatic rings. The van der Waals surface area contributed by atoms with Crippen molar-refractivity contribution in [2.75, 3.05) is 63.1 Å². The fourth-order valence-corrected chi connectivity index (χ4v) is 23.2. The predicted molar refractivity (Wildman–Crippen MR) is 464 cm³/mol. The highest BCUT2D eigenvalue weighted by Crippen LogP contribution is 2.58. The zero-order valence-electron chi connectivity index (χ0n) is 67.1. The second kappa shape index (κ2) is 38.4. The van der Waals surface area contributed by atoms with Crippen molar-refractivity contribution in [1.29, 1.82) is 0 Å². The normalized spacial score (nSPS) is 30.1. The zero-order chi connectivity index (χ0) is 92.8. The molecule has 0 aliphatic carbocycles. The molecule has 0 bridgehead atoms. The van der Waals surface area contributed by atoms with Crippen LogP contribution in [0.1, 0.15) is 93.1 Å². The van der Waals surface area contributed by atoms with Crippen LogP contribution in [0.3, 0.4) is 0 Å². The summed E-state index contributed by atoms with van der Waals surface area (Å²) < 4.78 is 115. The van der Waals surface area contributed by atoms with Crippen LogP contribution in [0.5, 0.6) is 0 Å². The first-order chi connectivity index (χ1) is 60.7. The lowest BCUT2D eigenvalue weighted by Gasteiger charge is -2.29. The fourth-order valence-electron chi connectivity index (χ4n) is 14.9. The number of hydrogen-bond acceptors (Lipinski definition) is 45. The van der Waals surface area contributed by atoms with Gasteiger partial charge in [-0.1, -0.05) is 6.92 Å². The lowest BCUT2D eigenvalue weighted by molar-refractivity contribution is -0.0587. The van der Waals surface area contributed by atoms with Gasteiger partial charge in [0.1, 0.15) is 97.5 Å². The lowest BCUT2D eigenvalue weighted by Crippen LogP contribution is -2.39. The summed E-state index contributed by atoms with van der Waals surface area (Å²) in [4.78, 5) is 204. The van der Waals surface area contributed by atoms with E-state index in [4.69, 9.17) is 176 Å². The van der Waals surface area contributed by atoms with Crippen molar-refractivity contribution in [3.63, 3.8) is 0 Å². The fraction of sp³-hybridized carbons (Fsp3) is 0.565. The molecule has 0 radical (unpaired) electrons. The molecule has 0 amide bonds. The molecule has 15 rings (SSSR count). The average Bonchev–Trinajstić information content (AvgIpc) is 1.23. The summed E-state index contributed by atoms with van der Waals surface area (Å²) in [5, 5.41) is 24.2. The monoisotopic (exact) mass is 2040 g/mol. The minimum Gasteiger partial charge on any atom is -0.386 e. The number of aromatic amines is 4. The van der Waals surface area contributed by atoms with Gasteiger partial charge in [-0.25, -0.2) is 39.3 Å². The maximum atomic E-state index is 13.5. The van der Waals surface area contributed by atoms with Crippen LogP contribution in [0.15, 0.2) is 77.5 Å². The summed E-state index contributed by atoms with van der Waals surface area (Å²) in [6, 6.07) is 0. The first-order valence-electron chi connectivity index (χ1n) is 38.2. The Morgan fingerprint density at radius 1 is 0.411 bits per heavy atom. The van der Waals surface area contributed by atoms with Crippen LogP contribution in [0, 0.1) is 20.8 Å². The third-order valence-electron chi connectivity index (χ3n) is 21.1. The standard InChI is InChI=1S/C62H82N22O33P6S6/c1-6-26-27(7-36(106-26)79-12-24(3)52(87)77-61(79)92)113-120(96,126)104-17-35-46(44(86)57(111-35)81-13-25(4)53(88)78-62(81)93)117-123(99,129)103-16-33-30(10-39(109-33)84-22-71-42-51(84)74-59(66)76-55(42)90)114-119(95,125)101-14-32-29(9-38(108-32)83-21-70-41-50(83)73-58(65)75-54(41)89)115-121(97,127)105-18-34-45(43(85)56(110-34)80-11-23(2)47(63)72-60(80)91)116-122(98,128)102-15-31-28(112-118(94,124)100-5)8-37(107-31)82-20-69-40-48(64)67-19-68-49(40)82/h11-13,19-22,26-39,43-46,56-57,85-86H,6-10,14-18H2,1-5H3,(H,94,124)(H,95,125)(H,96,126)(H,97,127)(H,98,128)(H,99,129)(H2,63,72,91)(H2,64,67,68)(H,77,87,92)(H,78,88,93)(H3,65,73,75,89)(H3,66,74,76,90)/t26-,27-,28-,29-,30-,31-,32-,33-,34-,35-,36-,37-,38-,39-,43?,44?,45+,46+,56-,57-,118?,119?,120?,121?,122?,123?/m1/s1. The second-order valence-electron chi connectivity index (χ2n) is 29.8. The third-order valence-corrected chi connectivity index (χ3v) is 30.7. The molecule has 15 heterocycles. The molecule has 9 aromatic rings. The van der Waals surface area contributed by atoms with Crippen molar-refractivity contribution in [2.45, 2.75) is 183 Å². The number of aliphatic hydroxyl groups excluding tert-OH is 2. The number of nitrogen functional groups attached to an aromatic ring is 4. The van der Waals surface area contributed by atoms with Gasteiger partial charge < -0.3 is 136 Å². The van der Waals surface area contributed by atoms with Crippen LogP contribution in [-0.2, 0) is 154 Å². The Kier molecular flexibility index (Phi) is 28.9. The molecule has 6 saturated heterocycles. The van der Waals surface area contributed by atoms with E-state index < -0.39 is 235 Å². The van der Waals surface area contributed by atoms with Gasteiger partial charge in [-0.15, -0.1) is 0 Å². The van der Waals surface area contributed by atoms with E-state index in [1.807, 2.05) is 0 Å². The molecule has 9 aromatic heterocycles. The SMILES string of the molecule is CC[C@H]1O[C@@H](n2cc(C)c(=O)[nH]c2=O)C[C@H]1OP(O)(=S)OC[C@H]1O[C@@H](n2cc(C)c(=O)[nH]c2=O)C(O)[C@H]1OP(O)(=S)OC[C@H]1O[C@@H](n2cnc3c(=O)[nH]c(N)nc32)C[C@H]1OP(O)(=S)OC[C@H]1O[C@@H](n2cnc3c(=O)[nH]c(N)nc32)C[C@H]1OP(O)(=S)OC[C@H]1O[C@@H](n2cc(C)c(N)nc2=O)C(O)[C@H]1OP(O)(=S)OC[C@H]1O[C@@H](n2cnc3c(N)ncnc32)C[C@H]1OP(O)(=S)OC. The van der Waals surface area contributed by atoms with Crippen LogP contribution in [0.2, 0.25) is 0 Å². The molecule has 0 saturated carbocycles. The van der Waals surface area contributed by atoms with E-state index in [0.29, 0.717) is 0 Å². The van der Waals surface area contributed by atoms with Crippen molar-refractivity contribution in [1.82, 2.24) is 87.2 Å². The number of aryl methyl sites for hydroxylation is 3. The molecular formula is C62H82N22O33P6S6. The average molecular weight is 2040 g/mol. The van der Waals surface area contributed by atoms with Crippen molar-refractivity contribution in [2.24, 2.45) is 0 Å². The van der Waals surface area contributed by atoms with Gasteiger partial charge in [0, 0.05) is 68.1 Å². The Bertz CT molecular complexity index is 6550. The minimum absolute atomic E-state index is 0.0240. The number of aliphatic hydroxyl groups is 2. The van der Waals surface area contributed by atoms with Crippen LogP contribution < -0.4 is 62.2 Å². The van der Waals surface area contributed by atoms with Crippen LogP contribution in [-0.4, -0.2) is 252 Å². The van der Waals surface area contributed by atoms with E-state index in [9.17, 15) is 73.1 Å². The number of hydrogen-bond donors (Lipinski definition) is 16. The van der Waals surface area contributed by atoms with Gasteiger partial charge in [0.05, 0.1) is 82.5 Å². The summed E-state index contributed by atoms with van der Waals surface area (Å²) in [6.45, 7) is -25.6. The Morgan fingerprint density at radius 3 is 1.20 bits per heavy atom. The van der Waals surface area contributed by atoms with Crippen molar-refractivity contribution in [3.05, 3.63) is 133 Å². The summed E-state index contributed by atoms with van der Waals surface area (Å²) in [5.41, 5.74) is 18.4. The molecule has 8 unspecified atom stereocenters. The maximum absolute atomic E-state index is 13.5. The van der Waals surface area contributed by atoms with E-state index in [-0.39, 0.29) is 106 Å². The molecular weight excluding hydrogens is 1960 g/mol. The van der Waals surface area contributed by atoms with E-state index in [1.54, 1.807) is 6.92 Å². The summed E-state index contributed by atoms with van der Waals surface area (Å²) >= 11 is 33.0. The molecule has 704 valence electrons. The van der Waals surface area contributed by atoms with Gasteiger partial charge in [-0.3, -0.25) is 75.6 Å². The summed E-state index contributed by atoms with van der Waals surface area (Å²) in [7, 11) is 1.12. The lowest BCUT2D eigenvalue weighted by atomic mass is 10.1. The second-order valence-corrected chi connectivity index (χ2v) is 46.6. The third kappa shape index (κ3) is 21.6. The largest absolute Gasteiger partial charge is 0.386 e. The van der Waals surface area contributed by atoms with Crippen molar-refractivity contribution < 1.29 is 122 Å². The number of rotatable bonds is 35. The van der Waals surface area contributed by atoms with Gasteiger partial charge in [0.25, 0.3) is 22.2 Å². The first kappa shape index (κ1) is 97.1. The number of fused-ring (bicyclic) bond motifs is 3. The number of ether oxygens (including phenoxy) is 6. The highest BCUT2D eigenvalue weighted by atomic mass is 32.5. The van der Waals surface area contributed by atoms with Gasteiger partial charge in [0.2, 0.25) is 11.9 Å². The van der Waals surface area contributed by atoms with Crippen LogP contribution >= 0.6 is 40.3 Å². The van der Waals surface area contributed by atoms with E-state index in [2.05, 4.69) is 59.8 Å². The molecule has 26 atom stereocenters. The molecule has 0 spiro atoms. The van der Waals surface area contributed by atoms with Gasteiger partial charge in [0.15, 0.2) is 46.2 Å². The molecule has 55 nitrogen and oxygen atoms in total. The van der Waals surface area contributed by atoms with E-state index >= 15 is 0 Å². The van der Waals surface area contributed by atoms with Crippen molar-refractivity contribution >= 4 is 168 Å². The summed E-state index contributed by atoms with van der Waals surface area (Å²) in [5.74, 6) is -0.801. The summed E-state index contributed by atoms with van der Waals surface area (Å²) in [6.07, 6.45) is -21.6. The molecule has 67 heteroatoms. The number of aromatic nitrogens is 18. The molecule has 6 aliphatic heterocycles. The van der Waals surface area contributed by atoms with Crippen LogP contribution in [0.4, 0.5) is 23.5 Å². The predicted octanol–water partition coefficient (Wildman–Crippen LogP) is -1.88. The highest BCUT2D eigenvalue weighted by molar-refractivity contribution is 8.08. The highest BCUT2D eigenvalue weighted by Gasteiger charge is 2.54. The smallest absolute Gasteiger partial charge is 0.351 e. The topological polar surface area (TPSA) is 747 Å². The number of nitrogens with one attached hydrogen (secondary N) is 4. The molecule has 0 aromatic carbocycles. The van der Waals surface area contributed by atoms with E-state index in [1.165, 1.54) is 65.8 Å². The Balaban J connectivity index is 0.658. The number of nitrogens with two attached hydrogens (primary N) is 4. The quantitative estimate of drug-likeness (QED) is 0.0193. The van der Waals surface area contributed by atoms with Crippen molar-refractivity contribution in [3.8, 4) is 0 Å². The van der Waals surface area contributed by atoms with E-state index in [0.717, 1.165) is 33.3 Å². The number of imidazole rings is 3. The molecule has 20 N–H and O–H groups in total. The first-order valence-corrected chi connectivity index (χ1v) is 53.8. The zero-order valence-corrected chi connectivity index (χ0v) is 77.4. The molecule has 6 fully saturated rings. The number of H-pyrrole nitrogens is 4. The van der Waals surface area contributed by atoms with Gasteiger partial charge in [-0.05, 0) is 98.0 Å². The minimum atomic E-state index is -4.86. The Morgan fingerprint density at radius 2 is 0.767 bits per heavy atom. The maximum Gasteiger partial charge on any atom is 0.351 e.